The van der Waals surface area contributed by atoms with Crippen molar-refractivity contribution in [2.24, 2.45) is 11.8 Å². The van der Waals surface area contributed by atoms with E-state index in [1.165, 1.54) is 25.3 Å². The van der Waals surface area contributed by atoms with E-state index < -0.39 is 0 Å². The molecular formula is C12H19NO2. The van der Waals surface area contributed by atoms with Crippen molar-refractivity contribution >= 4 is 5.91 Å². The van der Waals surface area contributed by atoms with Gasteiger partial charge in [-0.1, -0.05) is 25.8 Å². The van der Waals surface area contributed by atoms with Gasteiger partial charge in [0, 0.05) is 19.0 Å². The molecule has 1 aliphatic carbocycles. The van der Waals surface area contributed by atoms with E-state index in [1.807, 2.05) is 4.90 Å². The van der Waals surface area contributed by atoms with Gasteiger partial charge in [-0.25, -0.2) is 0 Å². The van der Waals surface area contributed by atoms with Crippen molar-refractivity contribution in [3.63, 3.8) is 0 Å². The largest absolute Gasteiger partial charge is 0.379 e. The first-order valence-electron chi connectivity index (χ1n) is 5.80. The highest BCUT2D eigenvalue weighted by molar-refractivity contribution is 5.87. The maximum atomic E-state index is 11.5. The molecule has 0 aromatic rings. The van der Waals surface area contributed by atoms with Gasteiger partial charge in [-0.2, -0.15) is 0 Å². The lowest BCUT2D eigenvalue weighted by Crippen LogP contribution is -2.38. The van der Waals surface area contributed by atoms with E-state index in [9.17, 15) is 4.79 Å². The smallest absolute Gasteiger partial charge is 0.246 e. The molecule has 1 atom stereocenters. The summed E-state index contributed by atoms with van der Waals surface area (Å²) in [6.07, 6.45) is 5.37. The van der Waals surface area contributed by atoms with E-state index in [2.05, 4.69) is 6.58 Å². The number of carbonyl (C=O) groups excluding carboxylic acids is 1. The second-order valence-corrected chi connectivity index (χ2v) is 4.51. The molecule has 1 heterocycles. The summed E-state index contributed by atoms with van der Waals surface area (Å²) < 4.78 is 5.56. The van der Waals surface area contributed by atoms with Crippen molar-refractivity contribution in [2.75, 3.05) is 26.3 Å². The van der Waals surface area contributed by atoms with Crippen molar-refractivity contribution in [1.29, 1.82) is 0 Å². The minimum Gasteiger partial charge on any atom is -0.379 e. The Morgan fingerprint density at radius 1 is 1.40 bits per heavy atom. The molecule has 3 heteroatoms. The summed E-state index contributed by atoms with van der Waals surface area (Å²) in [5.41, 5.74) is 0. The van der Waals surface area contributed by atoms with Gasteiger partial charge < -0.3 is 9.64 Å². The highest BCUT2D eigenvalue weighted by atomic mass is 16.5. The van der Waals surface area contributed by atoms with Crippen molar-refractivity contribution in [3.05, 3.63) is 12.7 Å². The monoisotopic (exact) mass is 209 g/mol. The number of hydrogen-bond acceptors (Lipinski definition) is 2. The maximum Gasteiger partial charge on any atom is 0.246 e. The van der Waals surface area contributed by atoms with Crippen LogP contribution in [-0.4, -0.2) is 37.1 Å². The van der Waals surface area contributed by atoms with Crippen molar-refractivity contribution in [1.82, 2.24) is 4.90 Å². The van der Waals surface area contributed by atoms with Crippen LogP contribution in [0.2, 0.25) is 0 Å². The third kappa shape index (κ3) is 2.40. The van der Waals surface area contributed by atoms with Gasteiger partial charge in [0.25, 0.3) is 0 Å². The fourth-order valence-corrected chi connectivity index (χ4v) is 2.36. The summed E-state index contributed by atoms with van der Waals surface area (Å²) in [7, 11) is 0. The van der Waals surface area contributed by atoms with Gasteiger partial charge in [0.2, 0.25) is 5.91 Å². The zero-order chi connectivity index (χ0) is 10.7. The van der Waals surface area contributed by atoms with Gasteiger partial charge in [-0.15, -0.1) is 0 Å². The molecule has 15 heavy (non-hydrogen) atoms. The molecule has 0 aromatic heterocycles. The number of nitrogens with zero attached hydrogens (tertiary/aromatic N) is 1. The van der Waals surface area contributed by atoms with E-state index in [4.69, 9.17) is 4.74 Å². The Morgan fingerprint density at radius 2 is 2.20 bits per heavy atom. The molecule has 2 rings (SSSR count). The quantitative estimate of drug-likeness (QED) is 0.644. The van der Waals surface area contributed by atoms with Gasteiger partial charge in [-0.05, 0) is 12.0 Å². The average Bonchev–Trinajstić information content (AvgIpc) is 2.40. The molecule has 2 fully saturated rings. The summed E-state index contributed by atoms with van der Waals surface area (Å²) >= 11 is 0. The summed E-state index contributed by atoms with van der Waals surface area (Å²) in [5.74, 6) is 1.37. The van der Waals surface area contributed by atoms with Gasteiger partial charge in [0.05, 0.1) is 13.2 Å². The predicted molar refractivity (Wildman–Crippen MR) is 58.4 cm³/mol. The molecule has 84 valence electrons. The Labute approximate surface area is 91.1 Å². The van der Waals surface area contributed by atoms with Gasteiger partial charge >= 0.3 is 0 Å². The van der Waals surface area contributed by atoms with Crippen LogP contribution >= 0.6 is 0 Å². The highest BCUT2D eigenvalue weighted by Crippen LogP contribution is 2.34. The van der Waals surface area contributed by atoms with Crippen LogP contribution in [0.5, 0.6) is 0 Å². The molecule has 1 saturated heterocycles. The van der Waals surface area contributed by atoms with Gasteiger partial charge in [0.1, 0.15) is 0 Å². The number of rotatable bonds is 2. The summed E-state index contributed by atoms with van der Waals surface area (Å²) in [5, 5.41) is 0. The number of amides is 1. The molecule has 2 aliphatic rings. The molecule has 1 unspecified atom stereocenters. The average molecular weight is 209 g/mol. The van der Waals surface area contributed by atoms with Crippen molar-refractivity contribution in [2.45, 2.75) is 19.3 Å². The van der Waals surface area contributed by atoms with Crippen LogP contribution < -0.4 is 0 Å². The van der Waals surface area contributed by atoms with Crippen LogP contribution in [-0.2, 0) is 9.53 Å². The second kappa shape index (κ2) is 4.79. The van der Waals surface area contributed by atoms with E-state index in [1.54, 1.807) is 0 Å². The molecule has 0 N–H and O–H groups in total. The number of carbonyl (C=O) groups is 1. The summed E-state index contributed by atoms with van der Waals surface area (Å²) in [6, 6.07) is 0. The Balaban J connectivity index is 1.94. The molecule has 3 nitrogen and oxygen atoms in total. The Hall–Kier alpha value is -0.830. The van der Waals surface area contributed by atoms with E-state index >= 15 is 0 Å². The first-order chi connectivity index (χ1) is 7.31. The lowest BCUT2D eigenvalue weighted by Gasteiger charge is -2.34. The third-order valence-electron chi connectivity index (χ3n) is 3.60. The molecule has 0 aromatic carbocycles. The lowest BCUT2D eigenvalue weighted by atomic mass is 9.76. The van der Waals surface area contributed by atoms with Crippen LogP contribution in [0.4, 0.5) is 0 Å². The van der Waals surface area contributed by atoms with Crippen LogP contribution in [0.1, 0.15) is 19.3 Å². The van der Waals surface area contributed by atoms with E-state index in [-0.39, 0.29) is 5.91 Å². The lowest BCUT2D eigenvalue weighted by molar-refractivity contribution is -0.126. The predicted octanol–water partition coefficient (Wildman–Crippen LogP) is 1.45. The van der Waals surface area contributed by atoms with Gasteiger partial charge in [0.15, 0.2) is 0 Å². The number of ether oxygens (including phenoxy) is 1. The van der Waals surface area contributed by atoms with E-state index in [0.29, 0.717) is 19.1 Å². The third-order valence-corrected chi connectivity index (χ3v) is 3.60. The normalized spacial score (nSPS) is 28.0. The topological polar surface area (TPSA) is 29.5 Å². The molecule has 0 radical (unpaired) electrons. The number of hydrogen-bond donors (Lipinski definition) is 0. The summed E-state index contributed by atoms with van der Waals surface area (Å²) in [4.78, 5) is 13.4. The van der Waals surface area contributed by atoms with E-state index in [0.717, 1.165) is 19.1 Å². The molecule has 1 saturated carbocycles. The second-order valence-electron chi connectivity index (χ2n) is 4.51. The fourth-order valence-electron chi connectivity index (χ4n) is 2.36. The molecular weight excluding hydrogens is 190 g/mol. The van der Waals surface area contributed by atoms with Crippen molar-refractivity contribution < 1.29 is 9.53 Å². The highest BCUT2D eigenvalue weighted by Gasteiger charge is 2.31. The molecule has 0 bridgehead atoms. The Bertz CT molecular complexity index is 248. The summed E-state index contributed by atoms with van der Waals surface area (Å²) in [6.45, 7) is 6.61. The molecule has 0 spiro atoms. The maximum absolute atomic E-state index is 11.5. The Kier molecular flexibility index (Phi) is 3.41. The molecule has 1 amide bonds. The SMILES string of the molecule is C=CC(=O)N1CCOCC(C2CCC2)C1. The molecule has 1 aliphatic heterocycles. The standard InChI is InChI=1S/C12H19NO2/c1-2-12(14)13-6-7-15-9-11(8-13)10-4-3-5-10/h2,10-11H,1,3-9H2. The van der Waals surface area contributed by atoms with Crippen LogP contribution in [0, 0.1) is 11.8 Å². The van der Waals surface area contributed by atoms with Crippen molar-refractivity contribution in [3.8, 4) is 0 Å². The minimum atomic E-state index is 0.0461. The minimum absolute atomic E-state index is 0.0461. The van der Waals surface area contributed by atoms with Crippen LogP contribution in [0.25, 0.3) is 0 Å². The first kappa shape index (κ1) is 10.7. The fraction of sp³-hybridized carbons (Fsp3) is 0.750. The van der Waals surface area contributed by atoms with Crippen LogP contribution in [0.3, 0.4) is 0 Å². The van der Waals surface area contributed by atoms with Gasteiger partial charge in [-0.3, -0.25) is 4.79 Å². The Morgan fingerprint density at radius 3 is 2.80 bits per heavy atom. The zero-order valence-electron chi connectivity index (χ0n) is 9.15. The zero-order valence-corrected chi connectivity index (χ0v) is 9.15. The van der Waals surface area contributed by atoms with Crippen LogP contribution in [0.15, 0.2) is 12.7 Å². The first-order valence-corrected chi connectivity index (χ1v) is 5.80.